The largest absolute Gasteiger partial charge is 0.439 e. The third-order valence-corrected chi connectivity index (χ3v) is 3.91. The molecule has 3 aromatic rings. The number of para-hydroxylation sites is 1. The van der Waals surface area contributed by atoms with Crippen LogP contribution in [0.3, 0.4) is 0 Å². The van der Waals surface area contributed by atoms with E-state index in [9.17, 15) is 0 Å². The van der Waals surface area contributed by atoms with Crippen molar-refractivity contribution in [3.63, 3.8) is 0 Å². The smallest absolute Gasteiger partial charge is 0.223 e. The molecule has 0 saturated heterocycles. The van der Waals surface area contributed by atoms with Crippen molar-refractivity contribution in [2.45, 2.75) is 17.8 Å². The van der Waals surface area contributed by atoms with Gasteiger partial charge in [-0.3, -0.25) is 0 Å². The summed E-state index contributed by atoms with van der Waals surface area (Å²) in [6, 6.07) is 21.8. The van der Waals surface area contributed by atoms with Gasteiger partial charge in [0.2, 0.25) is 5.88 Å². The Labute approximate surface area is 134 Å². The molecule has 3 rings (SSSR count). The molecule has 0 radical (unpaired) electrons. The highest BCUT2D eigenvalue weighted by atomic mass is 32.2. The lowest BCUT2D eigenvalue weighted by Crippen LogP contribution is -1.95. The van der Waals surface area contributed by atoms with Crippen molar-refractivity contribution in [1.29, 1.82) is 0 Å². The first-order chi connectivity index (χ1) is 10.8. The molecule has 0 aliphatic carbocycles. The maximum Gasteiger partial charge on any atom is 0.223 e. The van der Waals surface area contributed by atoms with Gasteiger partial charge < -0.3 is 4.74 Å². The maximum atomic E-state index is 5.79. The average Bonchev–Trinajstić information content (AvgIpc) is 2.54. The first kappa shape index (κ1) is 14.6. The van der Waals surface area contributed by atoms with E-state index >= 15 is 0 Å². The highest BCUT2D eigenvalue weighted by molar-refractivity contribution is 7.98. The normalized spacial score (nSPS) is 10.4. The lowest BCUT2D eigenvalue weighted by atomic mass is 10.2. The number of nitrogens with zero attached hydrogens (tertiary/aromatic N) is 2. The highest BCUT2D eigenvalue weighted by Gasteiger charge is 2.05. The molecule has 0 saturated carbocycles. The van der Waals surface area contributed by atoms with Gasteiger partial charge in [-0.25, -0.2) is 4.98 Å². The molecule has 0 amide bonds. The van der Waals surface area contributed by atoms with Gasteiger partial charge in [-0.2, -0.15) is 4.98 Å². The van der Waals surface area contributed by atoms with Gasteiger partial charge in [0.15, 0.2) is 5.16 Å². The SMILES string of the molecule is Cc1cc(Oc2ccccc2)nc(SCc2ccccc2)n1. The van der Waals surface area contributed by atoms with E-state index in [-0.39, 0.29) is 0 Å². The molecule has 0 spiro atoms. The van der Waals surface area contributed by atoms with Crippen LogP contribution in [0, 0.1) is 6.92 Å². The van der Waals surface area contributed by atoms with Crippen molar-refractivity contribution in [3.05, 3.63) is 78.0 Å². The second kappa shape index (κ2) is 7.09. The fourth-order valence-corrected chi connectivity index (χ4v) is 2.81. The number of thioether (sulfide) groups is 1. The summed E-state index contributed by atoms with van der Waals surface area (Å²) in [5.41, 5.74) is 2.15. The lowest BCUT2D eigenvalue weighted by molar-refractivity contribution is 0.454. The summed E-state index contributed by atoms with van der Waals surface area (Å²) in [6.45, 7) is 1.95. The Morgan fingerprint density at radius 2 is 1.59 bits per heavy atom. The van der Waals surface area contributed by atoms with Crippen LogP contribution in [-0.4, -0.2) is 9.97 Å². The Morgan fingerprint density at radius 1 is 0.909 bits per heavy atom. The third-order valence-electron chi connectivity index (χ3n) is 2.99. The van der Waals surface area contributed by atoms with Crippen LogP contribution in [-0.2, 0) is 5.75 Å². The van der Waals surface area contributed by atoms with Gasteiger partial charge in [0.1, 0.15) is 5.75 Å². The molecule has 0 aliphatic rings. The average molecular weight is 308 g/mol. The Hall–Kier alpha value is -2.33. The van der Waals surface area contributed by atoms with Gasteiger partial charge in [0, 0.05) is 17.5 Å². The molecule has 3 nitrogen and oxygen atoms in total. The van der Waals surface area contributed by atoms with E-state index in [0.29, 0.717) is 5.88 Å². The van der Waals surface area contributed by atoms with E-state index in [4.69, 9.17) is 4.74 Å². The van der Waals surface area contributed by atoms with Crippen molar-refractivity contribution in [1.82, 2.24) is 9.97 Å². The summed E-state index contributed by atoms with van der Waals surface area (Å²) in [7, 11) is 0. The quantitative estimate of drug-likeness (QED) is 0.497. The van der Waals surface area contributed by atoms with E-state index in [0.717, 1.165) is 22.4 Å². The predicted molar refractivity (Wildman–Crippen MR) is 89.3 cm³/mol. The van der Waals surface area contributed by atoms with Gasteiger partial charge in [0.05, 0.1) is 0 Å². The van der Waals surface area contributed by atoms with E-state index in [2.05, 4.69) is 22.1 Å². The molecule has 0 atom stereocenters. The minimum Gasteiger partial charge on any atom is -0.439 e. The zero-order valence-electron chi connectivity index (χ0n) is 12.3. The monoisotopic (exact) mass is 308 g/mol. The lowest BCUT2D eigenvalue weighted by Gasteiger charge is -2.07. The second-order valence-electron chi connectivity index (χ2n) is 4.82. The molecule has 0 aliphatic heterocycles. The van der Waals surface area contributed by atoms with Crippen LogP contribution in [0.5, 0.6) is 11.6 Å². The van der Waals surface area contributed by atoms with Crippen LogP contribution in [0.1, 0.15) is 11.3 Å². The van der Waals surface area contributed by atoms with Crippen molar-refractivity contribution in [2.24, 2.45) is 0 Å². The van der Waals surface area contributed by atoms with Gasteiger partial charge in [-0.15, -0.1) is 0 Å². The zero-order valence-corrected chi connectivity index (χ0v) is 13.1. The third kappa shape index (κ3) is 4.09. The second-order valence-corrected chi connectivity index (χ2v) is 5.76. The van der Waals surface area contributed by atoms with Gasteiger partial charge >= 0.3 is 0 Å². The Bertz CT molecular complexity index is 733. The van der Waals surface area contributed by atoms with Crippen LogP contribution >= 0.6 is 11.8 Å². The van der Waals surface area contributed by atoms with Crippen LogP contribution in [0.2, 0.25) is 0 Å². The van der Waals surface area contributed by atoms with Crippen LogP contribution in [0.15, 0.2) is 71.9 Å². The van der Waals surface area contributed by atoms with Crippen molar-refractivity contribution in [3.8, 4) is 11.6 Å². The number of hydrogen-bond donors (Lipinski definition) is 0. The Kier molecular flexibility index (Phi) is 4.71. The van der Waals surface area contributed by atoms with Crippen molar-refractivity contribution < 1.29 is 4.74 Å². The minimum absolute atomic E-state index is 0.578. The van der Waals surface area contributed by atoms with Gasteiger partial charge in [0.25, 0.3) is 0 Å². The molecular formula is C18H16N2OS. The van der Waals surface area contributed by atoms with Gasteiger partial charge in [-0.05, 0) is 24.6 Å². The van der Waals surface area contributed by atoms with E-state index < -0.39 is 0 Å². The molecule has 110 valence electrons. The highest BCUT2D eigenvalue weighted by Crippen LogP contribution is 2.24. The summed E-state index contributed by atoms with van der Waals surface area (Å²) in [5.74, 6) is 2.20. The standard InChI is InChI=1S/C18H16N2OS/c1-14-12-17(21-16-10-6-3-7-11-16)20-18(19-14)22-13-15-8-4-2-5-9-15/h2-12H,13H2,1H3. The van der Waals surface area contributed by atoms with Crippen LogP contribution in [0.4, 0.5) is 0 Å². The van der Waals surface area contributed by atoms with Crippen LogP contribution < -0.4 is 4.74 Å². The van der Waals surface area contributed by atoms with Gasteiger partial charge in [-0.1, -0.05) is 60.3 Å². The number of hydrogen-bond acceptors (Lipinski definition) is 4. The number of aromatic nitrogens is 2. The molecule has 0 fully saturated rings. The summed E-state index contributed by atoms with van der Waals surface area (Å²) < 4.78 is 5.79. The molecule has 4 heteroatoms. The van der Waals surface area contributed by atoms with E-state index in [1.807, 2.05) is 61.5 Å². The van der Waals surface area contributed by atoms with E-state index in [1.54, 1.807) is 11.8 Å². The fraction of sp³-hybridized carbons (Fsp3) is 0.111. The predicted octanol–water partition coefficient (Wildman–Crippen LogP) is 4.87. The molecule has 0 bridgehead atoms. The van der Waals surface area contributed by atoms with Crippen molar-refractivity contribution >= 4 is 11.8 Å². The Balaban J connectivity index is 1.72. The molecule has 1 heterocycles. The molecule has 1 aromatic heterocycles. The summed E-state index contributed by atoms with van der Waals surface area (Å²) >= 11 is 1.61. The Morgan fingerprint density at radius 3 is 2.32 bits per heavy atom. The zero-order chi connectivity index (χ0) is 15.2. The first-order valence-electron chi connectivity index (χ1n) is 7.05. The van der Waals surface area contributed by atoms with Crippen molar-refractivity contribution in [2.75, 3.05) is 0 Å². The van der Waals surface area contributed by atoms with E-state index in [1.165, 1.54) is 5.56 Å². The molecule has 0 unspecified atom stereocenters. The fourth-order valence-electron chi connectivity index (χ4n) is 1.96. The molecular weight excluding hydrogens is 292 g/mol. The summed E-state index contributed by atoms with van der Waals surface area (Å²) in [6.07, 6.45) is 0. The first-order valence-corrected chi connectivity index (χ1v) is 8.03. The summed E-state index contributed by atoms with van der Waals surface area (Å²) in [5, 5.41) is 0.731. The molecule has 2 aromatic carbocycles. The number of benzene rings is 2. The minimum atomic E-state index is 0.578. The summed E-state index contributed by atoms with van der Waals surface area (Å²) in [4.78, 5) is 8.94. The maximum absolute atomic E-state index is 5.79. The number of aryl methyl sites for hydroxylation is 1. The number of rotatable bonds is 5. The number of ether oxygens (including phenoxy) is 1. The molecule has 0 N–H and O–H groups in total. The topological polar surface area (TPSA) is 35.0 Å². The van der Waals surface area contributed by atoms with Crippen LogP contribution in [0.25, 0.3) is 0 Å². The molecule has 22 heavy (non-hydrogen) atoms.